The molecule has 3 rings (SSSR count). The maximum absolute atomic E-state index is 13.1. The van der Waals surface area contributed by atoms with Gasteiger partial charge in [0.15, 0.2) is 11.4 Å². The van der Waals surface area contributed by atoms with Crippen LogP contribution < -0.4 is 5.43 Å². The molecule has 8 heteroatoms. The van der Waals surface area contributed by atoms with Crippen molar-refractivity contribution < 1.29 is 24.2 Å². The lowest BCUT2D eigenvalue weighted by molar-refractivity contribution is -0.143. The Bertz CT molecular complexity index is 938. The molecule has 1 aliphatic heterocycles. The van der Waals surface area contributed by atoms with Crippen LogP contribution in [0.2, 0.25) is 0 Å². The lowest BCUT2D eigenvalue weighted by Crippen LogP contribution is -2.47. The molecule has 1 aliphatic rings. The van der Waals surface area contributed by atoms with Crippen molar-refractivity contribution in [2.75, 3.05) is 6.54 Å². The molecule has 0 saturated heterocycles. The number of benzene rings is 1. The van der Waals surface area contributed by atoms with Crippen molar-refractivity contribution >= 4 is 11.9 Å². The van der Waals surface area contributed by atoms with Crippen LogP contribution in [0, 0.1) is 11.7 Å². The average Bonchev–Trinajstić information content (AvgIpc) is 2.63. The van der Waals surface area contributed by atoms with Crippen LogP contribution in [0.25, 0.3) is 0 Å². The zero-order chi connectivity index (χ0) is 19.7. The van der Waals surface area contributed by atoms with Gasteiger partial charge < -0.3 is 19.7 Å². The molecule has 0 saturated carbocycles. The van der Waals surface area contributed by atoms with Crippen LogP contribution in [0.15, 0.2) is 41.3 Å². The summed E-state index contributed by atoms with van der Waals surface area (Å²) in [6.07, 6.45) is 1.66. The van der Waals surface area contributed by atoms with Crippen LogP contribution in [0.3, 0.4) is 0 Å². The normalized spacial score (nSPS) is 17.5. The summed E-state index contributed by atoms with van der Waals surface area (Å²) in [5.41, 5.74) is -0.279. The Morgan fingerprint density at radius 3 is 2.52 bits per heavy atom. The third kappa shape index (κ3) is 3.42. The minimum Gasteiger partial charge on any atom is -0.503 e. The first kappa shape index (κ1) is 18.6. The van der Waals surface area contributed by atoms with E-state index < -0.39 is 40.8 Å². The number of fused-ring (bicyclic) bond motifs is 1. The number of carboxylic acids is 1. The number of aromatic hydroxyl groups is 1. The molecule has 142 valence electrons. The molecule has 2 heterocycles. The highest BCUT2D eigenvalue weighted by Crippen LogP contribution is 2.32. The number of aliphatic carboxylic acids is 1. The summed E-state index contributed by atoms with van der Waals surface area (Å²) >= 11 is 0. The fourth-order valence-corrected chi connectivity index (χ4v) is 3.45. The van der Waals surface area contributed by atoms with Crippen molar-refractivity contribution in [1.82, 2.24) is 9.47 Å². The minimum absolute atomic E-state index is 0.0936. The predicted molar refractivity (Wildman–Crippen MR) is 94.0 cm³/mol. The van der Waals surface area contributed by atoms with Gasteiger partial charge in [-0.15, -0.1) is 0 Å². The summed E-state index contributed by atoms with van der Waals surface area (Å²) in [7, 11) is 0. The van der Waals surface area contributed by atoms with E-state index in [1.165, 1.54) is 39.9 Å². The van der Waals surface area contributed by atoms with E-state index >= 15 is 0 Å². The number of carboxylic acid groups (broad SMARTS) is 1. The van der Waals surface area contributed by atoms with E-state index in [1.807, 2.05) is 0 Å². The summed E-state index contributed by atoms with van der Waals surface area (Å²) in [4.78, 5) is 37.8. The SMILES string of the molecule is CCC(C(=O)O)C1CN(Cc2ccc(F)cc2)C(=O)c2c(O)c(=O)ccn21. The number of hydrogen-bond acceptors (Lipinski definition) is 4. The third-order valence-corrected chi connectivity index (χ3v) is 4.87. The highest BCUT2D eigenvalue weighted by molar-refractivity contribution is 5.96. The van der Waals surface area contributed by atoms with Crippen molar-refractivity contribution in [3.05, 3.63) is 63.8 Å². The van der Waals surface area contributed by atoms with Crippen LogP contribution in [-0.4, -0.2) is 38.1 Å². The highest BCUT2D eigenvalue weighted by atomic mass is 19.1. The number of hydrogen-bond donors (Lipinski definition) is 2. The Hall–Kier alpha value is -3.16. The van der Waals surface area contributed by atoms with Gasteiger partial charge in [-0.2, -0.15) is 0 Å². The van der Waals surface area contributed by atoms with Crippen molar-refractivity contribution in [1.29, 1.82) is 0 Å². The van der Waals surface area contributed by atoms with Gasteiger partial charge in [0.2, 0.25) is 5.43 Å². The molecule has 1 amide bonds. The second-order valence-corrected chi connectivity index (χ2v) is 6.52. The molecule has 0 radical (unpaired) electrons. The number of carbonyl (C=O) groups excluding carboxylic acids is 1. The summed E-state index contributed by atoms with van der Waals surface area (Å²) in [6.45, 7) is 1.92. The third-order valence-electron chi connectivity index (χ3n) is 4.87. The number of nitrogens with zero attached hydrogens (tertiary/aromatic N) is 2. The topological polar surface area (TPSA) is 99.8 Å². The number of carbonyl (C=O) groups is 2. The second-order valence-electron chi connectivity index (χ2n) is 6.52. The van der Waals surface area contributed by atoms with Crippen LogP contribution in [0.5, 0.6) is 5.75 Å². The summed E-state index contributed by atoms with van der Waals surface area (Å²) < 4.78 is 14.5. The monoisotopic (exact) mass is 374 g/mol. The van der Waals surface area contributed by atoms with Gasteiger partial charge in [-0.1, -0.05) is 19.1 Å². The van der Waals surface area contributed by atoms with E-state index in [1.54, 1.807) is 6.92 Å². The molecule has 0 aliphatic carbocycles. The number of rotatable bonds is 5. The number of aromatic nitrogens is 1. The van der Waals surface area contributed by atoms with Crippen LogP contribution in [-0.2, 0) is 11.3 Å². The van der Waals surface area contributed by atoms with Gasteiger partial charge in [-0.05, 0) is 24.1 Å². The zero-order valence-corrected chi connectivity index (χ0v) is 14.6. The first-order valence-corrected chi connectivity index (χ1v) is 8.54. The van der Waals surface area contributed by atoms with Crippen molar-refractivity contribution in [2.24, 2.45) is 5.92 Å². The van der Waals surface area contributed by atoms with Crippen molar-refractivity contribution in [2.45, 2.75) is 25.9 Å². The molecule has 2 N–H and O–H groups in total. The molecule has 2 atom stereocenters. The molecule has 2 unspecified atom stereocenters. The predicted octanol–water partition coefficient (Wildman–Crippen LogP) is 2.00. The van der Waals surface area contributed by atoms with Crippen molar-refractivity contribution in [3.8, 4) is 5.75 Å². The van der Waals surface area contributed by atoms with Crippen LogP contribution in [0.4, 0.5) is 4.39 Å². The molecule has 2 aromatic rings. The van der Waals surface area contributed by atoms with Gasteiger partial charge in [0, 0.05) is 25.4 Å². The lowest BCUT2D eigenvalue weighted by atomic mass is 9.93. The Balaban J connectivity index is 2.06. The first-order chi connectivity index (χ1) is 12.8. The van der Waals surface area contributed by atoms with E-state index in [0.29, 0.717) is 12.0 Å². The zero-order valence-electron chi connectivity index (χ0n) is 14.6. The van der Waals surface area contributed by atoms with E-state index in [0.717, 1.165) is 6.07 Å². The van der Waals surface area contributed by atoms with E-state index in [2.05, 4.69) is 0 Å². The smallest absolute Gasteiger partial charge is 0.308 e. The Labute approximate surface area is 154 Å². The van der Waals surface area contributed by atoms with Gasteiger partial charge in [0.1, 0.15) is 5.82 Å². The van der Waals surface area contributed by atoms with Crippen LogP contribution >= 0.6 is 0 Å². The number of amides is 1. The second kappa shape index (κ2) is 7.22. The highest BCUT2D eigenvalue weighted by Gasteiger charge is 2.39. The standard InChI is InChI=1S/C19H19FN2O5/c1-2-13(19(26)27)14-10-21(9-11-3-5-12(20)6-4-11)18(25)16-17(24)15(23)7-8-22(14)16/h3-8,13-14,24H,2,9-10H2,1H3,(H,26,27). The molecule has 0 bridgehead atoms. The molecule has 1 aromatic heterocycles. The summed E-state index contributed by atoms with van der Waals surface area (Å²) in [5, 5.41) is 19.7. The van der Waals surface area contributed by atoms with Gasteiger partial charge in [0.25, 0.3) is 5.91 Å². The van der Waals surface area contributed by atoms with E-state index in [9.17, 15) is 29.0 Å². The van der Waals surface area contributed by atoms with Gasteiger partial charge in [0.05, 0.1) is 12.0 Å². The molecule has 27 heavy (non-hydrogen) atoms. The van der Waals surface area contributed by atoms with Gasteiger partial charge in [-0.3, -0.25) is 14.4 Å². The maximum Gasteiger partial charge on any atom is 0.308 e. The Morgan fingerprint density at radius 1 is 1.26 bits per heavy atom. The number of halogens is 1. The molecular formula is C19H19FN2O5. The summed E-state index contributed by atoms with van der Waals surface area (Å²) in [6, 6.07) is 6.06. The fraction of sp³-hybridized carbons (Fsp3) is 0.316. The molecule has 7 nitrogen and oxygen atoms in total. The van der Waals surface area contributed by atoms with E-state index in [4.69, 9.17) is 0 Å². The van der Waals surface area contributed by atoms with Gasteiger partial charge in [-0.25, -0.2) is 4.39 Å². The van der Waals surface area contributed by atoms with Gasteiger partial charge >= 0.3 is 5.97 Å². The minimum atomic E-state index is -1.03. The molecule has 0 spiro atoms. The maximum atomic E-state index is 13.1. The number of pyridine rings is 1. The average molecular weight is 374 g/mol. The molecule has 1 aromatic carbocycles. The van der Waals surface area contributed by atoms with Crippen molar-refractivity contribution in [3.63, 3.8) is 0 Å². The lowest BCUT2D eigenvalue weighted by Gasteiger charge is -2.38. The Morgan fingerprint density at radius 2 is 1.93 bits per heavy atom. The van der Waals surface area contributed by atoms with E-state index in [-0.39, 0.29) is 18.8 Å². The fourth-order valence-electron chi connectivity index (χ4n) is 3.45. The first-order valence-electron chi connectivity index (χ1n) is 8.54. The quantitative estimate of drug-likeness (QED) is 0.834. The van der Waals surface area contributed by atoms with Crippen LogP contribution in [0.1, 0.15) is 35.4 Å². The molecular weight excluding hydrogens is 355 g/mol. The summed E-state index contributed by atoms with van der Waals surface area (Å²) in [5.74, 6) is -3.52. The molecule has 0 fully saturated rings. The largest absolute Gasteiger partial charge is 0.503 e. The Kier molecular flexibility index (Phi) is 4.98.